The van der Waals surface area contributed by atoms with E-state index < -0.39 is 0 Å². The van der Waals surface area contributed by atoms with Crippen molar-refractivity contribution in [3.05, 3.63) is 123 Å². The Balaban J connectivity index is 1.24. The summed E-state index contributed by atoms with van der Waals surface area (Å²) in [6.07, 6.45) is 7.16. The highest BCUT2D eigenvalue weighted by Crippen LogP contribution is 2.54. The minimum Gasteiger partial charge on any atom is -0.311 e. The monoisotopic (exact) mass is 925 g/mol. The Bertz CT molecular complexity index is 3630. The van der Waals surface area contributed by atoms with Crippen molar-refractivity contribution in [2.75, 3.05) is 4.90 Å². The summed E-state index contributed by atoms with van der Waals surface area (Å²) < 4.78 is 5.61. The van der Waals surface area contributed by atoms with Crippen LogP contribution in [-0.2, 0) is 37.9 Å². The molecule has 0 radical (unpaired) electrons. The van der Waals surface area contributed by atoms with Crippen LogP contribution in [0, 0.1) is 6.92 Å². The Hall–Kier alpha value is -4.80. The lowest BCUT2D eigenvalue weighted by molar-refractivity contribution is 0.332. The number of aryl methyl sites for hydroxylation is 1. The molecule has 3 aliphatic carbocycles. The maximum Gasteiger partial charge on any atom is 0.252 e. The molecule has 69 heavy (non-hydrogen) atoms. The van der Waals surface area contributed by atoms with Gasteiger partial charge in [0.2, 0.25) is 0 Å². The summed E-state index contributed by atoms with van der Waals surface area (Å²) in [4.78, 5) is 2.74. The van der Waals surface area contributed by atoms with Crippen molar-refractivity contribution in [3.8, 4) is 5.69 Å². The van der Waals surface area contributed by atoms with Crippen LogP contribution in [0.15, 0.2) is 78.9 Å². The van der Waals surface area contributed by atoms with Gasteiger partial charge >= 0.3 is 0 Å². The lowest BCUT2D eigenvalue weighted by atomic mass is 9.33. The zero-order valence-electron chi connectivity index (χ0n) is 44.6. The van der Waals surface area contributed by atoms with Crippen molar-refractivity contribution in [1.82, 2.24) is 4.57 Å². The molecule has 0 unspecified atom stereocenters. The van der Waals surface area contributed by atoms with E-state index in [4.69, 9.17) is 0 Å². The molecule has 2 aliphatic heterocycles. The van der Waals surface area contributed by atoms with Crippen molar-refractivity contribution >= 4 is 93.5 Å². The van der Waals surface area contributed by atoms with Crippen molar-refractivity contribution in [1.29, 1.82) is 0 Å². The molecule has 0 fully saturated rings. The second kappa shape index (κ2) is 13.4. The molecule has 0 N–H and O–H groups in total. The Morgan fingerprint density at radius 3 is 1.65 bits per heavy atom. The molecule has 8 aromatic rings. The van der Waals surface area contributed by atoms with Gasteiger partial charge in [-0.2, -0.15) is 0 Å². The first kappa shape index (κ1) is 44.2. The van der Waals surface area contributed by atoms with Gasteiger partial charge in [-0.1, -0.05) is 122 Å². The summed E-state index contributed by atoms with van der Waals surface area (Å²) >= 11 is 2.01. The lowest BCUT2D eigenvalue weighted by Crippen LogP contribution is -2.61. The molecular formula is C65H73BN2S. The number of fused-ring (bicyclic) bond motifs is 10. The Morgan fingerprint density at radius 1 is 0.478 bits per heavy atom. The molecule has 0 saturated carbocycles. The molecule has 0 atom stereocenters. The summed E-state index contributed by atoms with van der Waals surface area (Å²) in [5.74, 6) is 0. The van der Waals surface area contributed by atoms with Gasteiger partial charge in [-0.3, -0.25) is 0 Å². The van der Waals surface area contributed by atoms with Crippen molar-refractivity contribution < 1.29 is 0 Å². The van der Waals surface area contributed by atoms with Crippen LogP contribution in [0.5, 0.6) is 0 Å². The molecule has 13 rings (SSSR count). The smallest absolute Gasteiger partial charge is 0.252 e. The topological polar surface area (TPSA) is 8.17 Å². The molecule has 0 spiro atoms. The normalized spacial score (nSPS) is 20.8. The molecule has 2 aromatic heterocycles. The molecule has 0 bridgehead atoms. The van der Waals surface area contributed by atoms with Crippen LogP contribution in [0.4, 0.5) is 17.1 Å². The van der Waals surface area contributed by atoms with Gasteiger partial charge in [0.1, 0.15) is 0 Å². The van der Waals surface area contributed by atoms with Crippen LogP contribution in [0.2, 0.25) is 0 Å². The number of rotatable bonds is 1. The first-order valence-corrected chi connectivity index (χ1v) is 27.3. The van der Waals surface area contributed by atoms with Gasteiger partial charge < -0.3 is 9.47 Å². The molecular weight excluding hydrogens is 852 g/mol. The molecule has 4 heteroatoms. The van der Waals surface area contributed by atoms with Gasteiger partial charge in [0.15, 0.2) is 0 Å². The van der Waals surface area contributed by atoms with E-state index in [1.54, 1.807) is 0 Å². The predicted molar refractivity (Wildman–Crippen MR) is 302 cm³/mol. The van der Waals surface area contributed by atoms with E-state index in [0.29, 0.717) is 0 Å². The van der Waals surface area contributed by atoms with Crippen molar-refractivity contribution in [2.45, 2.75) is 187 Å². The average molecular weight is 925 g/mol. The molecule has 0 saturated heterocycles. The fourth-order valence-corrected chi connectivity index (χ4v) is 15.7. The summed E-state index contributed by atoms with van der Waals surface area (Å²) in [5.41, 5.74) is 24.8. The van der Waals surface area contributed by atoms with Crippen LogP contribution in [0.3, 0.4) is 0 Å². The summed E-state index contributed by atoms with van der Waals surface area (Å²) in [5, 5.41) is 5.67. The number of hydrogen-bond acceptors (Lipinski definition) is 2. The lowest BCUT2D eigenvalue weighted by Gasteiger charge is -2.47. The average Bonchev–Trinajstić information content (AvgIpc) is 3.60. The zero-order chi connectivity index (χ0) is 48.7. The van der Waals surface area contributed by atoms with Crippen LogP contribution in [0.25, 0.3) is 47.7 Å². The van der Waals surface area contributed by atoms with Crippen molar-refractivity contribution in [3.63, 3.8) is 0 Å². The Morgan fingerprint density at radius 2 is 1.03 bits per heavy atom. The van der Waals surface area contributed by atoms with Crippen LogP contribution >= 0.6 is 11.3 Å². The third-order valence-electron chi connectivity index (χ3n) is 19.3. The first-order valence-electron chi connectivity index (χ1n) is 26.5. The van der Waals surface area contributed by atoms with E-state index in [1.807, 2.05) is 11.3 Å². The van der Waals surface area contributed by atoms with E-state index in [9.17, 15) is 0 Å². The third kappa shape index (κ3) is 5.91. The van der Waals surface area contributed by atoms with E-state index in [2.05, 4.69) is 199 Å². The third-order valence-corrected chi connectivity index (χ3v) is 20.4. The number of hydrogen-bond donors (Lipinski definition) is 0. The SMILES string of the molecule is Cc1cc2c3c(c1)-n1c4cc5c(cc4c4cc(C(C)(C)C)cc6sc7ccc(c1c7c64)B3c1cc3c(cc1N2c1ccc2c(c1)C(C)(C)CCC2(C)C)C(C)(C)CCC3(C)C)C(C)(C)CCC5(C)C. The van der Waals surface area contributed by atoms with E-state index in [0.717, 1.165) is 0 Å². The number of aromatic nitrogens is 1. The first-order chi connectivity index (χ1) is 32.2. The molecule has 4 heterocycles. The van der Waals surface area contributed by atoms with E-state index in [-0.39, 0.29) is 44.6 Å². The van der Waals surface area contributed by atoms with Crippen molar-refractivity contribution in [2.24, 2.45) is 0 Å². The summed E-state index contributed by atoms with van der Waals surface area (Å²) in [6, 6.07) is 33.7. The maximum atomic E-state index is 2.81. The second-order valence-electron chi connectivity index (χ2n) is 27.9. The molecule has 2 nitrogen and oxygen atoms in total. The standard InChI is InChI=1S/C65H73BN2S/c1-36-27-51-57-52(28-36)68-49-34-45-43(62(9,10)23-25-64(45,13)14)32-39(49)40-29-37(59(2,3)4)30-54-55(40)56-53(69-54)20-19-47(58(56)68)66(57)48-33-44-46(65(15,16)26-24-63(44,11)12)35-50(48)67(51)38-17-18-41-42(31-38)61(7,8)22-21-60(41,5)6/h17-20,27-35H,21-26H2,1-16H3. The van der Waals surface area contributed by atoms with Gasteiger partial charge in [0.25, 0.3) is 6.71 Å². The van der Waals surface area contributed by atoms with E-state index in [1.165, 1.54) is 164 Å². The fraction of sp³-hybridized carbons (Fsp3) is 0.446. The van der Waals surface area contributed by atoms with Gasteiger partial charge in [-0.05, 0) is 210 Å². The molecule has 5 aliphatic rings. The molecule has 352 valence electrons. The van der Waals surface area contributed by atoms with Gasteiger partial charge in [0.05, 0.1) is 11.0 Å². The minimum absolute atomic E-state index is 0.00317. The quantitative estimate of drug-likeness (QED) is 0.149. The largest absolute Gasteiger partial charge is 0.311 e. The van der Waals surface area contributed by atoms with Crippen LogP contribution in [-0.4, -0.2) is 11.3 Å². The highest BCUT2D eigenvalue weighted by Gasteiger charge is 2.47. The minimum atomic E-state index is 0.00317. The number of benzene rings is 6. The fourth-order valence-electron chi connectivity index (χ4n) is 14.6. The molecule has 6 aromatic carbocycles. The Kier molecular flexibility index (Phi) is 8.56. The number of thiophene rings is 1. The van der Waals surface area contributed by atoms with Crippen LogP contribution < -0.4 is 21.3 Å². The second-order valence-corrected chi connectivity index (χ2v) is 28.9. The van der Waals surface area contributed by atoms with E-state index >= 15 is 0 Å². The summed E-state index contributed by atoms with van der Waals surface area (Å²) in [7, 11) is 0. The van der Waals surface area contributed by atoms with Crippen LogP contribution in [0.1, 0.15) is 187 Å². The van der Waals surface area contributed by atoms with Gasteiger partial charge in [-0.25, -0.2) is 0 Å². The Labute approximate surface area is 417 Å². The highest BCUT2D eigenvalue weighted by atomic mass is 32.1. The highest BCUT2D eigenvalue weighted by molar-refractivity contribution is 7.26. The summed E-state index contributed by atoms with van der Waals surface area (Å²) in [6.45, 7) is 39.5. The maximum absolute atomic E-state index is 2.81. The predicted octanol–water partition coefficient (Wildman–Crippen LogP) is 16.4. The zero-order valence-corrected chi connectivity index (χ0v) is 45.4. The number of nitrogens with zero attached hydrogens (tertiary/aromatic N) is 2. The number of anilines is 3. The van der Waals surface area contributed by atoms with Gasteiger partial charge in [-0.15, -0.1) is 11.3 Å². The van der Waals surface area contributed by atoms with Gasteiger partial charge in [0, 0.05) is 48.3 Å². The molecule has 0 amide bonds.